The molecule has 0 fully saturated rings. The van der Waals surface area contributed by atoms with Crippen LogP contribution in [0.2, 0.25) is 0 Å². The number of nitrogens with one attached hydrogen (secondary N) is 2. The predicted molar refractivity (Wildman–Crippen MR) is 74.1 cm³/mol. The Morgan fingerprint density at radius 2 is 2.37 bits per heavy atom. The van der Waals surface area contributed by atoms with Crippen LogP contribution in [0.1, 0.15) is 35.7 Å². The molecule has 0 aliphatic heterocycles. The van der Waals surface area contributed by atoms with Gasteiger partial charge in [-0.15, -0.1) is 0 Å². The highest BCUT2D eigenvalue weighted by molar-refractivity contribution is 5.38. The number of benzene rings is 1. The molecular weight excluding hydrogens is 238 g/mol. The smallest absolute Gasteiger partial charge is 0.115 e. The molecule has 0 amide bonds. The lowest BCUT2D eigenvalue weighted by molar-refractivity contribution is 0.451. The maximum atomic E-state index is 9.54. The standard InChI is InChI=1S/C15H19N3O/c19-13-4-5-14-11(8-13)2-1-3-15(14)17-7-6-12-9-16-10-18-12/h4-5,8-10,15,17,19H,1-3,6-7H2,(H,16,18). The van der Waals surface area contributed by atoms with Crippen molar-refractivity contribution >= 4 is 0 Å². The van der Waals surface area contributed by atoms with Gasteiger partial charge in [-0.05, 0) is 42.5 Å². The lowest BCUT2D eigenvalue weighted by Crippen LogP contribution is -2.27. The van der Waals surface area contributed by atoms with Crippen LogP contribution in [0.4, 0.5) is 0 Å². The predicted octanol–water partition coefficient (Wildman–Crippen LogP) is 2.32. The van der Waals surface area contributed by atoms with Gasteiger partial charge in [0, 0.05) is 30.9 Å². The van der Waals surface area contributed by atoms with E-state index >= 15 is 0 Å². The third kappa shape index (κ3) is 2.79. The van der Waals surface area contributed by atoms with Gasteiger partial charge in [-0.2, -0.15) is 0 Å². The average molecular weight is 257 g/mol. The zero-order valence-corrected chi connectivity index (χ0v) is 10.9. The molecule has 1 aromatic heterocycles. The van der Waals surface area contributed by atoms with Gasteiger partial charge in [-0.3, -0.25) is 0 Å². The summed E-state index contributed by atoms with van der Waals surface area (Å²) in [6.07, 6.45) is 7.97. The second kappa shape index (κ2) is 5.45. The van der Waals surface area contributed by atoms with Crippen LogP contribution in [0.25, 0.3) is 0 Å². The van der Waals surface area contributed by atoms with Crippen LogP contribution < -0.4 is 5.32 Å². The molecule has 1 unspecified atom stereocenters. The quantitative estimate of drug-likeness (QED) is 0.787. The van der Waals surface area contributed by atoms with Gasteiger partial charge in [-0.25, -0.2) is 4.98 Å². The number of phenols is 1. The fourth-order valence-electron chi connectivity index (χ4n) is 2.82. The molecule has 1 aliphatic rings. The van der Waals surface area contributed by atoms with Crippen LogP contribution in [0, 0.1) is 0 Å². The van der Waals surface area contributed by atoms with Crippen molar-refractivity contribution in [3.63, 3.8) is 0 Å². The van der Waals surface area contributed by atoms with E-state index in [9.17, 15) is 5.11 Å². The van der Waals surface area contributed by atoms with E-state index in [0.29, 0.717) is 11.8 Å². The summed E-state index contributed by atoms with van der Waals surface area (Å²) >= 11 is 0. The number of aromatic amines is 1. The first-order valence-electron chi connectivity index (χ1n) is 6.85. The highest BCUT2D eigenvalue weighted by atomic mass is 16.3. The molecule has 4 heteroatoms. The van der Waals surface area contributed by atoms with E-state index in [1.54, 1.807) is 12.4 Å². The van der Waals surface area contributed by atoms with Crippen LogP contribution in [0.3, 0.4) is 0 Å². The van der Waals surface area contributed by atoms with E-state index in [2.05, 4.69) is 21.4 Å². The molecule has 3 rings (SSSR count). The highest BCUT2D eigenvalue weighted by Crippen LogP contribution is 2.31. The average Bonchev–Trinajstić information content (AvgIpc) is 2.92. The number of phenolic OH excluding ortho intramolecular Hbond substituents is 1. The Kier molecular flexibility index (Phi) is 3.51. The number of nitrogens with zero attached hydrogens (tertiary/aromatic N) is 1. The Balaban J connectivity index is 1.63. The number of rotatable bonds is 4. The molecule has 3 N–H and O–H groups in total. The summed E-state index contributed by atoms with van der Waals surface area (Å²) in [6, 6.07) is 6.15. The van der Waals surface area contributed by atoms with Crippen LogP contribution in [-0.2, 0) is 12.8 Å². The van der Waals surface area contributed by atoms with Crippen molar-refractivity contribution in [1.82, 2.24) is 15.3 Å². The molecule has 0 radical (unpaired) electrons. The molecule has 4 nitrogen and oxygen atoms in total. The summed E-state index contributed by atoms with van der Waals surface area (Å²) in [7, 11) is 0. The number of aryl methyl sites for hydroxylation is 1. The second-order valence-corrected chi connectivity index (χ2v) is 5.11. The van der Waals surface area contributed by atoms with E-state index < -0.39 is 0 Å². The fraction of sp³-hybridized carbons (Fsp3) is 0.400. The van der Waals surface area contributed by atoms with Gasteiger partial charge in [0.25, 0.3) is 0 Å². The normalized spacial score (nSPS) is 18.2. The Labute approximate surface area is 112 Å². The minimum atomic E-state index is 0.372. The lowest BCUT2D eigenvalue weighted by Gasteiger charge is -2.26. The van der Waals surface area contributed by atoms with E-state index in [1.165, 1.54) is 24.0 Å². The summed E-state index contributed by atoms with van der Waals surface area (Å²) in [5.74, 6) is 0.372. The third-order valence-corrected chi connectivity index (χ3v) is 3.78. The number of fused-ring (bicyclic) bond motifs is 1. The number of H-pyrrole nitrogens is 1. The van der Waals surface area contributed by atoms with Crippen LogP contribution in [0.5, 0.6) is 5.75 Å². The van der Waals surface area contributed by atoms with E-state index in [-0.39, 0.29) is 0 Å². The highest BCUT2D eigenvalue weighted by Gasteiger charge is 2.19. The molecular formula is C15H19N3O. The van der Waals surface area contributed by atoms with Crippen molar-refractivity contribution in [2.75, 3.05) is 6.54 Å². The van der Waals surface area contributed by atoms with Crippen molar-refractivity contribution in [2.24, 2.45) is 0 Å². The largest absolute Gasteiger partial charge is 0.508 e. The summed E-state index contributed by atoms with van der Waals surface area (Å²) in [5, 5.41) is 13.2. The zero-order valence-electron chi connectivity index (χ0n) is 10.9. The molecule has 100 valence electrons. The van der Waals surface area contributed by atoms with Gasteiger partial charge >= 0.3 is 0 Å². The number of aromatic hydroxyl groups is 1. The Bertz CT molecular complexity index is 536. The number of hydrogen-bond acceptors (Lipinski definition) is 3. The number of hydrogen-bond donors (Lipinski definition) is 3. The third-order valence-electron chi connectivity index (χ3n) is 3.78. The van der Waals surface area contributed by atoms with E-state index in [0.717, 1.165) is 25.1 Å². The van der Waals surface area contributed by atoms with Gasteiger partial charge in [0.05, 0.1) is 6.33 Å². The van der Waals surface area contributed by atoms with Crippen molar-refractivity contribution in [3.05, 3.63) is 47.5 Å². The topological polar surface area (TPSA) is 60.9 Å². The summed E-state index contributed by atoms with van der Waals surface area (Å²) in [4.78, 5) is 7.14. The van der Waals surface area contributed by atoms with E-state index in [1.807, 2.05) is 12.3 Å². The van der Waals surface area contributed by atoms with Gasteiger partial charge in [-0.1, -0.05) is 6.07 Å². The van der Waals surface area contributed by atoms with Gasteiger partial charge in [0.2, 0.25) is 0 Å². The Hall–Kier alpha value is -1.81. The molecule has 0 saturated carbocycles. The first-order valence-corrected chi connectivity index (χ1v) is 6.85. The first-order chi connectivity index (χ1) is 9.33. The molecule has 1 heterocycles. The van der Waals surface area contributed by atoms with Gasteiger partial charge in [0.1, 0.15) is 5.75 Å². The van der Waals surface area contributed by atoms with Crippen molar-refractivity contribution in [2.45, 2.75) is 31.7 Å². The lowest BCUT2D eigenvalue weighted by atomic mass is 9.87. The Morgan fingerprint density at radius 3 is 3.21 bits per heavy atom. The monoisotopic (exact) mass is 257 g/mol. The fourth-order valence-corrected chi connectivity index (χ4v) is 2.82. The molecule has 0 bridgehead atoms. The zero-order chi connectivity index (χ0) is 13.1. The summed E-state index contributed by atoms with van der Waals surface area (Å²) in [5.41, 5.74) is 3.79. The second-order valence-electron chi connectivity index (χ2n) is 5.11. The number of aromatic nitrogens is 2. The van der Waals surface area contributed by atoms with Crippen molar-refractivity contribution in [3.8, 4) is 5.75 Å². The molecule has 1 atom stereocenters. The maximum Gasteiger partial charge on any atom is 0.115 e. The molecule has 2 aromatic rings. The minimum absolute atomic E-state index is 0.372. The van der Waals surface area contributed by atoms with E-state index in [4.69, 9.17) is 0 Å². The van der Waals surface area contributed by atoms with Crippen LogP contribution in [0.15, 0.2) is 30.7 Å². The molecule has 1 aromatic carbocycles. The first kappa shape index (κ1) is 12.2. The maximum absolute atomic E-state index is 9.54. The summed E-state index contributed by atoms with van der Waals surface area (Å²) in [6.45, 7) is 0.938. The molecule has 1 aliphatic carbocycles. The number of imidazole rings is 1. The van der Waals surface area contributed by atoms with Crippen LogP contribution >= 0.6 is 0 Å². The van der Waals surface area contributed by atoms with Crippen molar-refractivity contribution < 1.29 is 5.11 Å². The SMILES string of the molecule is Oc1ccc2c(c1)CCCC2NCCc1cnc[nH]1. The summed E-state index contributed by atoms with van der Waals surface area (Å²) < 4.78 is 0. The Morgan fingerprint density at radius 1 is 1.42 bits per heavy atom. The van der Waals surface area contributed by atoms with Gasteiger partial charge < -0.3 is 15.4 Å². The molecule has 0 spiro atoms. The van der Waals surface area contributed by atoms with Crippen molar-refractivity contribution in [1.29, 1.82) is 0 Å². The molecule has 19 heavy (non-hydrogen) atoms. The minimum Gasteiger partial charge on any atom is -0.508 e. The van der Waals surface area contributed by atoms with Crippen LogP contribution in [-0.4, -0.2) is 21.6 Å². The van der Waals surface area contributed by atoms with Gasteiger partial charge in [0.15, 0.2) is 0 Å². The molecule has 0 saturated heterocycles.